The van der Waals surface area contributed by atoms with E-state index >= 15 is 0 Å². The highest BCUT2D eigenvalue weighted by Crippen LogP contribution is 2.76. The van der Waals surface area contributed by atoms with E-state index in [4.69, 9.17) is 37.9 Å². The fourth-order valence-corrected chi connectivity index (χ4v) is 16.4. The number of rotatable bonds is 10. The molecule has 0 bridgehead atoms. The molecule has 5 aliphatic carbocycles. The zero-order valence-electron chi connectivity index (χ0n) is 44.4. The fraction of sp³-hybridized carbons (Fsp3) is 0.943. The topological polar surface area (TPSA) is 354 Å². The normalized spacial score (nSPS) is 55.8. The summed E-state index contributed by atoms with van der Waals surface area (Å²) in [5, 5.41) is 141. The van der Waals surface area contributed by atoms with Gasteiger partial charge >= 0.3 is 5.97 Å². The number of hydrogen-bond donors (Lipinski definition) is 13. The Balaban J connectivity index is 0.958. The lowest BCUT2D eigenvalue weighted by atomic mass is 9.33. The largest absolute Gasteiger partial charge is 0.432 e. The minimum absolute atomic E-state index is 0.0902. The number of carbonyl (C=O) groups excluding carboxylic acids is 1. The second-order valence-electron chi connectivity index (χ2n) is 25.5. The summed E-state index contributed by atoms with van der Waals surface area (Å²) in [5.74, 6) is -1.26. The molecule has 4 saturated heterocycles. The van der Waals surface area contributed by atoms with Gasteiger partial charge in [0.2, 0.25) is 6.29 Å². The molecule has 8 fully saturated rings. The van der Waals surface area contributed by atoms with Gasteiger partial charge in [0.25, 0.3) is 0 Å². The number of allylic oxidation sites excluding steroid dienone is 1. The maximum Gasteiger partial charge on any atom is 0.315 e. The summed E-state index contributed by atoms with van der Waals surface area (Å²) in [6.07, 6.45) is -22.7. The molecule has 0 aromatic carbocycles. The van der Waals surface area contributed by atoms with Crippen molar-refractivity contribution in [3.8, 4) is 0 Å². The maximum absolute atomic E-state index is 14.8. The number of carbonyl (C=O) groups is 1. The molecular weight excluding hydrogens is 989 g/mol. The zero-order chi connectivity index (χ0) is 54.9. The van der Waals surface area contributed by atoms with Gasteiger partial charge in [0, 0.05) is 5.92 Å². The quantitative estimate of drug-likeness (QED) is 0.0680. The van der Waals surface area contributed by atoms with Gasteiger partial charge in [0.15, 0.2) is 18.9 Å². The van der Waals surface area contributed by atoms with Crippen molar-refractivity contribution in [3.63, 3.8) is 0 Å². The Morgan fingerprint density at radius 3 is 1.88 bits per heavy atom. The number of hydrogen-bond acceptors (Lipinski definition) is 22. The molecule has 75 heavy (non-hydrogen) atoms. The molecule has 0 aromatic rings. The van der Waals surface area contributed by atoms with E-state index in [1.807, 2.05) is 6.92 Å². The molecule has 9 rings (SSSR count). The van der Waals surface area contributed by atoms with Crippen molar-refractivity contribution >= 4 is 5.97 Å². The van der Waals surface area contributed by atoms with Crippen LogP contribution < -0.4 is 0 Å². The Hall–Kier alpha value is -1.59. The van der Waals surface area contributed by atoms with E-state index in [0.717, 1.165) is 24.8 Å². The lowest BCUT2D eigenvalue weighted by Crippen LogP contribution is -2.68. The summed E-state index contributed by atoms with van der Waals surface area (Å²) in [5.41, 5.74) is -3.08. The Bertz CT molecular complexity index is 2080. The van der Waals surface area contributed by atoms with Crippen molar-refractivity contribution in [2.75, 3.05) is 19.8 Å². The molecule has 9 aliphatic rings. The molecule has 0 radical (unpaired) electrons. The predicted octanol–water partition coefficient (Wildman–Crippen LogP) is -1.40. The first-order valence-corrected chi connectivity index (χ1v) is 27.3. The third-order valence-electron chi connectivity index (χ3n) is 21.4. The minimum Gasteiger partial charge on any atom is -0.432 e. The van der Waals surface area contributed by atoms with Crippen LogP contribution in [-0.4, -0.2) is 221 Å². The monoisotopic (exact) mass is 1070 g/mol. The van der Waals surface area contributed by atoms with E-state index in [1.54, 1.807) is 6.92 Å². The standard InChI is InChI=1S/C53H86O22/c1-22-11-16-53(47(66)75-44-39(65)36(62)33(59)26(19-54)70-44)18-17-50(6)24(42(53)52(22,8)67)9-10-29-49(5)14-13-30(48(3,4)28(49)12-15-51(29,50)7)72-45-40(32(58)25(56)21-68-45)74-46-41(37(63)34(60)27(20-55)71-46)73-43-38(64)35(61)31(57)23(2)69-43/h9,22-23,25-46,54-65,67H,10-21H2,1-8H3/t22-,23+,25-,26-,27-,28+,29-,30+,31+,32+,33-,34-,35-,36+,37+,38-,39-,40-,41-,42-,43+,44+,45+,46+,49+,50-,51-,52-,53+/m1/s1. The number of aliphatic hydroxyl groups is 13. The molecule has 22 nitrogen and oxygen atoms in total. The van der Waals surface area contributed by atoms with Gasteiger partial charge in [-0.15, -0.1) is 0 Å². The van der Waals surface area contributed by atoms with Gasteiger partial charge in [0.1, 0.15) is 85.5 Å². The highest BCUT2D eigenvalue weighted by molar-refractivity contribution is 5.79. The van der Waals surface area contributed by atoms with Gasteiger partial charge in [-0.05, 0) is 111 Å². The van der Waals surface area contributed by atoms with Crippen LogP contribution in [-0.2, 0) is 42.7 Å². The molecule has 0 unspecified atom stereocenters. The van der Waals surface area contributed by atoms with Crippen molar-refractivity contribution in [1.82, 2.24) is 0 Å². The first-order valence-electron chi connectivity index (χ1n) is 27.3. The Kier molecular flexibility index (Phi) is 16.1. The lowest BCUT2D eigenvalue weighted by molar-refractivity contribution is -0.392. The molecular formula is C53H86O22. The zero-order valence-corrected chi connectivity index (χ0v) is 44.4. The molecule has 430 valence electrons. The van der Waals surface area contributed by atoms with Crippen LogP contribution >= 0.6 is 0 Å². The maximum atomic E-state index is 14.8. The van der Waals surface area contributed by atoms with Gasteiger partial charge in [-0.1, -0.05) is 53.2 Å². The van der Waals surface area contributed by atoms with Crippen molar-refractivity contribution < 1.29 is 109 Å². The predicted molar refractivity (Wildman–Crippen MR) is 257 cm³/mol. The van der Waals surface area contributed by atoms with E-state index in [1.165, 1.54) is 6.92 Å². The third kappa shape index (κ3) is 9.12. The van der Waals surface area contributed by atoms with Crippen LogP contribution in [0, 0.1) is 50.7 Å². The van der Waals surface area contributed by atoms with Crippen LogP contribution in [0.25, 0.3) is 0 Å². The highest BCUT2D eigenvalue weighted by atomic mass is 16.8. The average Bonchev–Trinajstić information content (AvgIpc) is 3.38. The van der Waals surface area contributed by atoms with Gasteiger partial charge in [-0.3, -0.25) is 4.79 Å². The first kappa shape index (κ1) is 58.1. The second-order valence-corrected chi connectivity index (χ2v) is 25.5. The van der Waals surface area contributed by atoms with Crippen molar-refractivity contribution in [2.24, 2.45) is 50.7 Å². The minimum atomic E-state index is -1.83. The Labute approximate surface area is 437 Å². The van der Waals surface area contributed by atoms with Crippen LogP contribution in [0.3, 0.4) is 0 Å². The van der Waals surface area contributed by atoms with E-state index in [2.05, 4.69) is 40.7 Å². The SMILES string of the molecule is C[C@@H]1O[C@@H](O[C@H]2[C@H](O[C@H]3[C@H](O[C@H]4CC[C@]5(C)[C@H]6CC=C7[C@H]8[C@](C(=O)O[C@@H]9O[C@H](CO)[C@@H](O)[C@H](O)[C@H]9O)(CC[C@@H](C)[C@@]8(C)O)CC[C@@]7(C)[C@]6(C)CC[C@H]5C4(C)C)OC[C@@H](O)[C@@H]3O)O[C@H](CO)[C@@H](O)[C@@H]2O)[C@H](O)[C@H](O)[C@H]1O. The summed E-state index contributed by atoms with van der Waals surface area (Å²) in [7, 11) is 0. The summed E-state index contributed by atoms with van der Waals surface area (Å²) >= 11 is 0. The van der Waals surface area contributed by atoms with E-state index in [0.29, 0.717) is 38.5 Å². The van der Waals surface area contributed by atoms with Gasteiger partial charge in [-0.2, -0.15) is 0 Å². The van der Waals surface area contributed by atoms with Crippen LogP contribution in [0.2, 0.25) is 0 Å². The number of fused-ring (bicyclic) bond motifs is 7. The molecule has 0 aromatic heterocycles. The Morgan fingerprint density at radius 2 is 1.21 bits per heavy atom. The molecule has 0 amide bonds. The van der Waals surface area contributed by atoms with Gasteiger partial charge < -0.3 is 104 Å². The van der Waals surface area contributed by atoms with Crippen LogP contribution in [0.15, 0.2) is 11.6 Å². The number of aliphatic hydroxyl groups excluding tert-OH is 12. The molecule has 22 heteroatoms. The Morgan fingerprint density at radius 1 is 0.613 bits per heavy atom. The van der Waals surface area contributed by atoms with Crippen molar-refractivity contribution in [2.45, 2.75) is 242 Å². The number of esters is 1. The van der Waals surface area contributed by atoms with Crippen molar-refractivity contribution in [3.05, 3.63) is 11.6 Å². The fourth-order valence-electron chi connectivity index (χ4n) is 16.4. The first-order chi connectivity index (χ1) is 35.0. The second kappa shape index (κ2) is 20.7. The van der Waals surface area contributed by atoms with Crippen LogP contribution in [0.1, 0.15) is 113 Å². The smallest absolute Gasteiger partial charge is 0.315 e. The molecule has 13 N–H and O–H groups in total. The van der Waals surface area contributed by atoms with E-state index in [-0.39, 0.29) is 35.2 Å². The summed E-state index contributed by atoms with van der Waals surface area (Å²) in [6.45, 7) is 14.8. The van der Waals surface area contributed by atoms with E-state index < -0.39 is 170 Å². The summed E-state index contributed by atoms with van der Waals surface area (Å²) in [6, 6.07) is 0. The summed E-state index contributed by atoms with van der Waals surface area (Å²) in [4.78, 5) is 14.8. The lowest BCUT2D eigenvalue weighted by Gasteiger charge is -2.72. The molecule has 4 saturated carbocycles. The molecule has 29 atom stereocenters. The third-order valence-corrected chi connectivity index (χ3v) is 21.4. The van der Waals surface area contributed by atoms with Gasteiger partial charge in [-0.25, -0.2) is 0 Å². The summed E-state index contributed by atoms with van der Waals surface area (Å²) < 4.78 is 48.4. The van der Waals surface area contributed by atoms with Crippen molar-refractivity contribution in [1.29, 1.82) is 0 Å². The number of ether oxygens (including phenoxy) is 8. The van der Waals surface area contributed by atoms with Crippen LogP contribution in [0.4, 0.5) is 0 Å². The average molecular weight is 1080 g/mol. The highest BCUT2D eigenvalue weighted by Gasteiger charge is 2.72. The molecule has 0 spiro atoms. The molecule has 4 heterocycles. The van der Waals surface area contributed by atoms with E-state index in [9.17, 15) is 71.2 Å². The van der Waals surface area contributed by atoms with Crippen LogP contribution in [0.5, 0.6) is 0 Å². The molecule has 4 aliphatic heterocycles. The van der Waals surface area contributed by atoms with Gasteiger partial charge in [0.05, 0.1) is 43.0 Å².